The topological polar surface area (TPSA) is 26.0 Å². The second-order valence-corrected chi connectivity index (χ2v) is 5.90. The molecule has 0 fully saturated rings. The van der Waals surface area contributed by atoms with Gasteiger partial charge < -0.3 is 5.73 Å². The first-order chi connectivity index (χ1) is 7.47. The van der Waals surface area contributed by atoms with Gasteiger partial charge in [0.2, 0.25) is 0 Å². The molecule has 0 spiro atoms. The van der Waals surface area contributed by atoms with E-state index in [-0.39, 0.29) is 0 Å². The predicted molar refractivity (Wildman–Crippen MR) is 72.1 cm³/mol. The summed E-state index contributed by atoms with van der Waals surface area (Å²) < 4.78 is 0. The third-order valence-corrected chi connectivity index (χ3v) is 3.97. The summed E-state index contributed by atoms with van der Waals surface area (Å²) in [5, 5.41) is 0. The van der Waals surface area contributed by atoms with Gasteiger partial charge >= 0.3 is 0 Å². The molecule has 1 atom stereocenters. The molecule has 0 aliphatic heterocycles. The highest BCUT2D eigenvalue weighted by Gasteiger charge is 2.27. The number of hydrogen-bond donors (Lipinski definition) is 1. The normalized spacial score (nSPS) is 22.8. The Balaban J connectivity index is 2.63. The maximum absolute atomic E-state index is 5.43. The van der Waals surface area contributed by atoms with Gasteiger partial charge in [-0.25, -0.2) is 0 Å². The van der Waals surface area contributed by atoms with Crippen LogP contribution < -0.4 is 5.73 Å². The molecule has 16 heavy (non-hydrogen) atoms. The van der Waals surface area contributed by atoms with Crippen LogP contribution >= 0.6 is 0 Å². The molecule has 1 rings (SSSR count). The molecule has 0 saturated carbocycles. The fourth-order valence-corrected chi connectivity index (χ4v) is 2.88. The summed E-state index contributed by atoms with van der Waals surface area (Å²) >= 11 is 0. The van der Waals surface area contributed by atoms with E-state index in [0.29, 0.717) is 11.3 Å². The lowest BCUT2D eigenvalue weighted by atomic mass is 9.71. The fraction of sp³-hybridized carbons (Fsp3) is 0.733. The van der Waals surface area contributed by atoms with E-state index in [0.717, 1.165) is 0 Å². The van der Waals surface area contributed by atoms with Crippen LogP contribution in [0.25, 0.3) is 0 Å². The predicted octanol–water partition coefficient (Wildman–Crippen LogP) is 4.40. The molecule has 1 unspecified atom stereocenters. The fourth-order valence-electron chi connectivity index (χ4n) is 2.88. The molecule has 92 valence electrons. The lowest BCUT2D eigenvalue weighted by Crippen LogP contribution is -2.20. The molecule has 0 saturated heterocycles. The molecule has 1 nitrogen and oxygen atoms in total. The average Bonchev–Trinajstić information content (AvgIpc) is 2.16. The molecule has 0 aromatic carbocycles. The molecule has 0 aromatic heterocycles. The van der Waals surface area contributed by atoms with Gasteiger partial charge in [-0.05, 0) is 56.6 Å². The SMILES string of the molecule is CC1=C(CCC(C)/C=C/N)C(C)(C)CCC1. The summed E-state index contributed by atoms with van der Waals surface area (Å²) in [6, 6.07) is 0. The van der Waals surface area contributed by atoms with E-state index in [9.17, 15) is 0 Å². The summed E-state index contributed by atoms with van der Waals surface area (Å²) in [5.41, 5.74) is 9.19. The van der Waals surface area contributed by atoms with Gasteiger partial charge in [-0.2, -0.15) is 0 Å². The third kappa shape index (κ3) is 3.40. The Labute approximate surface area is 101 Å². The van der Waals surface area contributed by atoms with Gasteiger partial charge in [0.25, 0.3) is 0 Å². The zero-order valence-electron chi connectivity index (χ0n) is 11.3. The zero-order chi connectivity index (χ0) is 12.2. The van der Waals surface area contributed by atoms with Crippen LogP contribution in [0, 0.1) is 11.3 Å². The quantitative estimate of drug-likeness (QED) is 0.699. The van der Waals surface area contributed by atoms with Crippen molar-refractivity contribution in [2.75, 3.05) is 0 Å². The minimum Gasteiger partial charge on any atom is -0.405 e. The van der Waals surface area contributed by atoms with Crippen LogP contribution in [0.2, 0.25) is 0 Å². The maximum Gasteiger partial charge on any atom is -0.0100 e. The standard InChI is InChI=1S/C15H27N/c1-12(9-11-16)7-8-14-13(2)6-5-10-15(14,3)4/h9,11-12H,5-8,10,16H2,1-4H3/b11-9+. The molecular formula is C15H27N. The lowest BCUT2D eigenvalue weighted by molar-refractivity contribution is 0.348. The van der Waals surface area contributed by atoms with Crippen LogP contribution in [0.4, 0.5) is 0 Å². The molecule has 0 bridgehead atoms. The zero-order valence-corrected chi connectivity index (χ0v) is 11.3. The highest BCUT2D eigenvalue weighted by molar-refractivity contribution is 5.22. The van der Waals surface area contributed by atoms with Crippen LogP contribution in [0.15, 0.2) is 23.4 Å². The van der Waals surface area contributed by atoms with Crippen molar-refractivity contribution in [1.29, 1.82) is 0 Å². The van der Waals surface area contributed by atoms with Gasteiger partial charge in [-0.15, -0.1) is 0 Å². The molecule has 1 aliphatic rings. The average molecular weight is 221 g/mol. The molecule has 0 amide bonds. The summed E-state index contributed by atoms with van der Waals surface area (Å²) in [4.78, 5) is 0. The number of allylic oxidation sites excluding steroid dienone is 3. The summed E-state index contributed by atoms with van der Waals surface area (Å²) in [7, 11) is 0. The first-order valence-electron chi connectivity index (χ1n) is 6.55. The largest absolute Gasteiger partial charge is 0.405 e. The molecule has 0 radical (unpaired) electrons. The van der Waals surface area contributed by atoms with E-state index in [4.69, 9.17) is 5.73 Å². The molecule has 0 aromatic rings. The maximum atomic E-state index is 5.43. The van der Waals surface area contributed by atoms with Crippen molar-refractivity contribution in [2.45, 2.75) is 59.8 Å². The van der Waals surface area contributed by atoms with E-state index < -0.39 is 0 Å². The van der Waals surface area contributed by atoms with Crippen molar-refractivity contribution < 1.29 is 0 Å². The summed E-state index contributed by atoms with van der Waals surface area (Å²) in [5.74, 6) is 0.600. The minimum absolute atomic E-state index is 0.425. The molecule has 1 aliphatic carbocycles. The Morgan fingerprint density at radius 1 is 1.44 bits per heavy atom. The van der Waals surface area contributed by atoms with Crippen molar-refractivity contribution in [3.05, 3.63) is 23.4 Å². The highest BCUT2D eigenvalue weighted by atomic mass is 14.5. The van der Waals surface area contributed by atoms with Crippen molar-refractivity contribution >= 4 is 0 Å². The van der Waals surface area contributed by atoms with E-state index in [1.165, 1.54) is 32.1 Å². The Kier molecular flexibility index (Phi) is 4.64. The van der Waals surface area contributed by atoms with Gasteiger partial charge in [0.1, 0.15) is 0 Å². The van der Waals surface area contributed by atoms with Gasteiger partial charge in [-0.1, -0.05) is 38.0 Å². The summed E-state index contributed by atoms with van der Waals surface area (Å²) in [6.45, 7) is 9.36. The first kappa shape index (κ1) is 13.3. The van der Waals surface area contributed by atoms with E-state index >= 15 is 0 Å². The van der Waals surface area contributed by atoms with Crippen molar-refractivity contribution in [3.8, 4) is 0 Å². The second kappa shape index (κ2) is 5.56. The van der Waals surface area contributed by atoms with Gasteiger partial charge in [0, 0.05) is 0 Å². The third-order valence-electron chi connectivity index (χ3n) is 3.97. The van der Waals surface area contributed by atoms with Crippen molar-refractivity contribution in [3.63, 3.8) is 0 Å². The van der Waals surface area contributed by atoms with Crippen molar-refractivity contribution in [2.24, 2.45) is 17.1 Å². The van der Waals surface area contributed by atoms with Crippen LogP contribution in [0.5, 0.6) is 0 Å². The monoisotopic (exact) mass is 221 g/mol. The highest BCUT2D eigenvalue weighted by Crippen LogP contribution is 2.42. The smallest absolute Gasteiger partial charge is 0.0100 e. The molecule has 0 heterocycles. The Morgan fingerprint density at radius 2 is 2.12 bits per heavy atom. The number of rotatable bonds is 4. The summed E-state index contributed by atoms with van der Waals surface area (Å²) in [6.07, 6.45) is 10.3. The van der Waals surface area contributed by atoms with Gasteiger partial charge in [0.05, 0.1) is 0 Å². The number of hydrogen-bond acceptors (Lipinski definition) is 1. The number of nitrogens with two attached hydrogens (primary N) is 1. The van der Waals surface area contributed by atoms with Gasteiger partial charge in [0.15, 0.2) is 0 Å². The van der Waals surface area contributed by atoms with E-state index in [1.54, 1.807) is 17.3 Å². The Morgan fingerprint density at radius 3 is 2.69 bits per heavy atom. The molecule has 1 heteroatoms. The van der Waals surface area contributed by atoms with Gasteiger partial charge in [-0.3, -0.25) is 0 Å². The second-order valence-electron chi connectivity index (χ2n) is 5.90. The van der Waals surface area contributed by atoms with E-state index in [2.05, 4.69) is 33.8 Å². The lowest BCUT2D eigenvalue weighted by Gasteiger charge is -2.35. The Hall–Kier alpha value is -0.720. The first-order valence-corrected chi connectivity index (χ1v) is 6.55. The molecule has 2 N–H and O–H groups in total. The molecular weight excluding hydrogens is 194 g/mol. The van der Waals surface area contributed by atoms with Crippen molar-refractivity contribution in [1.82, 2.24) is 0 Å². The van der Waals surface area contributed by atoms with E-state index in [1.807, 2.05) is 0 Å². The van der Waals surface area contributed by atoms with Crippen LogP contribution in [-0.4, -0.2) is 0 Å². The Bertz CT molecular complexity index is 284. The minimum atomic E-state index is 0.425. The van der Waals surface area contributed by atoms with Crippen LogP contribution in [0.3, 0.4) is 0 Å². The van der Waals surface area contributed by atoms with Crippen LogP contribution in [0.1, 0.15) is 59.8 Å². The van der Waals surface area contributed by atoms with Crippen LogP contribution in [-0.2, 0) is 0 Å².